The van der Waals surface area contributed by atoms with E-state index in [2.05, 4.69) is 218 Å². The number of rotatable bonds is 12. The quantitative estimate of drug-likeness (QED) is 0.114. The van der Waals surface area contributed by atoms with Crippen molar-refractivity contribution in [3.8, 4) is 34.2 Å². The molecule has 0 saturated heterocycles. The van der Waals surface area contributed by atoms with Gasteiger partial charge in [-0.3, -0.25) is 0 Å². The van der Waals surface area contributed by atoms with Crippen LogP contribution in [0.25, 0.3) is 34.2 Å². The van der Waals surface area contributed by atoms with Crippen LogP contribution in [0.15, 0.2) is 255 Å². The summed E-state index contributed by atoms with van der Waals surface area (Å²) in [6.07, 6.45) is 0. The first-order valence-electron chi connectivity index (χ1n) is 21.6. The summed E-state index contributed by atoms with van der Waals surface area (Å²) >= 11 is 20.1. The molecule has 318 valence electrons. The summed E-state index contributed by atoms with van der Waals surface area (Å²) in [7, 11) is 0. The van der Waals surface area contributed by atoms with Crippen LogP contribution in [0.2, 0.25) is 0 Å². The Morgan fingerprint density at radius 2 is 0.348 bits per heavy atom. The SMILES string of the molecule is S=P(c1ccccc1)(c1ccccc1)c1ccc(-c2nc(-c3ccc(P(=S)(c4ccccc4)c4ccccc4)cc3)nc(-c3ccc(P(=S)(c4ccccc4)c4ccccc4)cc3)n2)cc1. The number of nitrogens with zero attached hydrogens (tertiary/aromatic N) is 3. The highest BCUT2D eigenvalue weighted by Crippen LogP contribution is 2.45. The van der Waals surface area contributed by atoms with Gasteiger partial charge in [0.05, 0.1) is 0 Å². The van der Waals surface area contributed by atoms with Crippen molar-refractivity contribution < 1.29 is 0 Å². The van der Waals surface area contributed by atoms with Crippen molar-refractivity contribution >= 4 is 101 Å². The van der Waals surface area contributed by atoms with Crippen LogP contribution in [0.3, 0.4) is 0 Å². The fraction of sp³-hybridized carbons (Fsp3) is 0. The Morgan fingerprint density at radius 3 is 0.515 bits per heavy atom. The smallest absolute Gasteiger partial charge is 0.164 e. The Hall–Kier alpha value is -6.06. The monoisotopic (exact) mass is 957 g/mol. The van der Waals surface area contributed by atoms with E-state index in [1.54, 1.807) is 0 Å². The van der Waals surface area contributed by atoms with Gasteiger partial charge < -0.3 is 0 Å². The molecule has 0 aliphatic rings. The second-order valence-corrected chi connectivity index (χ2v) is 29.0. The summed E-state index contributed by atoms with van der Waals surface area (Å²) in [6, 6.07) is 81.3. The van der Waals surface area contributed by atoms with Crippen LogP contribution in [0, 0.1) is 0 Å². The number of aromatic nitrogens is 3. The van der Waals surface area contributed by atoms with Gasteiger partial charge >= 0.3 is 0 Å². The second-order valence-electron chi connectivity index (χ2n) is 15.8. The van der Waals surface area contributed by atoms with E-state index in [9.17, 15) is 0 Å². The second kappa shape index (κ2) is 19.0. The molecule has 1 aromatic heterocycles. The van der Waals surface area contributed by atoms with Crippen LogP contribution in [-0.2, 0) is 35.4 Å². The van der Waals surface area contributed by atoms with Crippen LogP contribution in [0.4, 0.5) is 0 Å². The molecule has 0 unspecified atom stereocenters. The average molecular weight is 958 g/mol. The zero-order chi connectivity index (χ0) is 45.0. The number of hydrogen-bond donors (Lipinski definition) is 0. The lowest BCUT2D eigenvalue weighted by Crippen LogP contribution is -2.24. The normalized spacial score (nSPS) is 11.8. The first-order valence-corrected chi connectivity index (χ1v) is 30.0. The predicted molar refractivity (Wildman–Crippen MR) is 294 cm³/mol. The number of hydrogen-bond acceptors (Lipinski definition) is 6. The van der Waals surface area contributed by atoms with Crippen LogP contribution in [0.5, 0.6) is 0 Å². The molecule has 0 fully saturated rings. The molecule has 0 radical (unpaired) electrons. The van der Waals surface area contributed by atoms with Gasteiger partial charge in [0, 0.05) is 34.8 Å². The van der Waals surface area contributed by atoms with Gasteiger partial charge in [-0.05, 0) is 47.7 Å². The van der Waals surface area contributed by atoms with E-state index in [4.69, 9.17) is 50.4 Å². The van der Waals surface area contributed by atoms with Crippen molar-refractivity contribution in [2.45, 2.75) is 0 Å². The molecular formula is C57H42N3P3S3. The van der Waals surface area contributed by atoms with Gasteiger partial charge in [0.25, 0.3) is 0 Å². The molecule has 1 heterocycles. The third-order valence-electron chi connectivity index (χ3n) is 11.8. The Labute approximate surface area is 402 Å². The maximum absolute atomic E-state index is 6.69. The summed E-state index contributed by atoms with van der Waals surface area (Å²) in [5, 5.41) is 10.2. The number of benzene rings is 9. The summed E-state index contributed by atoms with van der Waals surface area (Å²) in [5.41, 5.74) is 2.60. The van der Waals surface area contributed by atoms with Crippen molar-refractivity contribution in [3.63, 3.8) is 0 Å². The summed E-state index contributed by atoms with van der Waals surface area (Å²) in [6.45, 7) is 0. The average Bonchev–Trinajstić information content (AvgIpc) is 3.41. The van der Waals surface area contributed by atoms with Crippen molar-refractivity contribution in [3.05, 3.63) is 255 Å². The maximum Gasteiger partial charge on any atom is 0.164 e. The molecule has 0 aliphatic carbocycles. The molecule has 0 saturated carbocycles. The Morgan fingerprint density at radius 1 is 0.197 bits per heavy atom. The van der Waals surface area contributed by atoms with Crippen LogP contribution in [0.1, 0.15) is 0 Å². The molecule has 10 rings (SSSR count). The van der Waals surface area contributed by atoms with E-state index in [-0.39, 0.29) is 0 Å². The molecule has 9 heteroatoms. The third kappa shape index (κ3) is 8.36. The largest absolute Gasteiger partial charge is 0.208 e. The standard InChI is InChI=1S/C57H42N3P3S3/c64-61(46-19-7-1-8-20-46,47-21-9-2-10-22-47)52-37-31-43(32-38-52)55-58-56(44-33-39-53(40-34-44)62(65,48-23-11-3-12-24-48)49-25-13-4-14-26-49)60-57(59-55)45-35-41-54(42-36-45)63(66,50-27-15-5-16-28-50)51-29-17-6-18-30-51/h1-42H. The molecule has 9 aromatic carbocycles. The Kier molecular flexibility index (Phi) is 12.6. The summed E-state index contributed by atoms with van der Waals surface area (Å²) in [4.78, 5) is 15.6. The minimum absolute atomic E-state index is 0.569. The molecule has 0 aliphatic heterocycles. The fourth-order valence-electron chi connectivity index (χ4n) is 8.39. The lowest BCUT2D eigenvalue weighted by molar-refractivity contribution is 1.07. The van der Waals surface area contributed by atoms with Crippen molar-refractivity contribution in [1.82, 2.24) is 15.0 Å². The zero-order valence-electron chi connectivity index (χ0n) is 35.7. The summed E-state index contributed by atoms with van der Waals surface area (Å²) < 4.78 is 0. The lowest BCUT2D eigenvalue weighted by atomic mass is 10.1. The van der Waals surface area contributed by atoms with Gasteiger partial charge in [0.2, 0.25) is 0 Å². The molecule has 0 spiro atoms. The molecule has 0 bridgehead atoms. The van der Waals surface area contributed by atoms with E-state index >= 15 is 0 Å². The van der Waals surface area contributed by atoms with Crippen molar-refractivity contribution in [2.75, 3.05) is 0 Å². The van der Waals surface area contributed by atoms with Gasteiger partial charge in [-0.25, -0.2) is 15.0 Å². The molecular weight excluding hydrogens is 916 g/mol. The fourth-order valence-corrected chi connectivity index (χ4v) is 19.6. The van der Waals surface area contributed by atoms with E-state index < -0.39 is 18.1 Å². The molecule has 0 atom stereocenters. The Bertz CT molecular complexity index is 2890. The molecule has 0 N–H and O–H groups in total. The third-order valence-corrected chi connectivity index (χ3v) is 26.7. The van der Waals surface area contributed by atoms with Crippen molar-refractivity contribution in [1.29, 1.82) is 0 Å². The predicted octanol–water partition coefficient (Wildman–Crippen LogP) is 10.1. The lowest BCUT2D eigenvalue weighted by Gasteiger charge is -2.24. The zero-order valence-corrected chi connectivity index (χ0v) is 40.8. The van der Waals surface area contributed by atoms with E-state index in [1.165, 1.54) is 0 Å². The molecule has 66 heavy (non-hydrogen) atoms. The molecule has 0 amide bonds. The van der Waals surface area contributed by atoms with Gasteiger partial charge in [-0.15, -0.1) is 0 Å². The summed E-state index contributed by atoms with van der Waals surface area (Å²) in [5.74, 6) is 1.71. The van der Waals surface area contributed by atoms with Crippen LogP contribution in [-0.4, -0.2) is 15.0 Å². The van der Waals surface area contributed by atoms with Crippen LogP contribution < -0.4 is 47.7 Å². The first kappa shape index (κ1) is 43.8. The topological polar surface area (TPSA) is 38.7 Å². The van der Waals surface area contributed by atoms with Gasteiger partial charge in [-0.2, -0.15) is 0 Å². The van der Waals surface area contributed by atoms with Gasteiger partial charge in [0.15, 0.2) is 17.5 Å². The van der Waals surface area contributed by atoms with Crippen LogP contribution >= 0.6 is 18.1 Å². The maximum atomic E-state index is 6.69. The Balaban J connectivity index is 1.09. The minimum atomic E-state index is -2.36. The molecule has 3 nitrogen and oxygen atoms in total. The van der Waals surface area contributed by atoms with E-state index in [1.807, 2.05) is 36.4 Å². The first-order chi connectivity index (χ1) is 32.3. The highest BCUT2D eigenvalue weighted by molar-refractivity contribution is 8.26. The van der Waals surface area contributed by atoms with Gasteiger partial charge in [-0.1, -0.05) is 290 Å². The highest BCUT2D eigenvalue weighted by atomic mass is 32.4. The van der Waals surface area contributed by atoms with Gasteiger partial charge in [0.1, 0.15) is 0 Å². The van der Waals surface area contributed by atoms with E-state index in [0.717, 1.165) is 64.4 Å². The highest BCUT2D eigenvalue weighted by Gasteiger charge is 2.28. The molecule has 10 aromatic rings. The van der Waals surface area contributed by atoms with E-state index in [0.29, 0.717) is 17.5 Å². The minimum Gasteiger partial charge on any atom is -0.208 e. The van der Waals surface area contributed by atoms with Crippen molar-refractivity contribution in [2.24, 2.45) is 0 Å².